The van der Waals surface area contributed by atoms with Crippen molar-refractivity contribution in [3.8, 4) is 0 Å². The van der Waals surface area contributed by atoms with E-state index in [0.717, 1.165) is 12.8 Å². The molecule has 0 aliphatic carbocycles. The standard InChI is InChI=1S/C18H34O2.C2H5NO2/c1-2-3-4-5-6-7-8-9-10-11-12-13-14-15-16-17-18(19)20;3-2(5)1-4/h9-10H,2-8,11-17H2,1H3,(H,19,20);4H,1H2,(H2,3,5). The Kier molecular flexibility index (Phi) is 23.4. The Morgan fingerprint density at radius 1 is 0.800 bits per heavy atom. The van der Waals surface area contributed by atoms with E-state index in [4.69, 9.17) is 10.2 Å². The van der Waals surface area contributed by atoms with Crippen LogP contribution < -0.4 is 5.73 Å². The van der Waals surface area contributed by atoms with Gasteiger partial charge in [-0.25, -0.2) is 0 Å². The predicted molar refractivity (Wildman–Crippen MR) is 103 cm³/mol. The van der Waals surface area contributed by atoms with Gasteiger partial charge in [0.15, 0.2) is 0 Å². The summed E-state index contributed by atoms with van der Waals surface area (Å²) in [5.41, 5.74) is 4.40. The predicted octanol–water partition coefficient (Wildman–Crippen LogP) is 4.57. The van der Waals surface area contributed by atoms with Gasteiger partial charge in [-0.3, -0.25) is 9.59 Å². The molecule has 0 bridgehead atoms. The fraction of sp³-hybridized carbons (Fsp3) is 0.800. The van der Waals surface area contributed by atoms with Crippen LogP contribution in [0.15, 0.2) is 12.2 Å². The van der Waals surface area contributed by atoms with Gasteiger partial charge in [-0.1, -0.05) is 70.4 Å². The van der Waals surface area contributed by atoms with Crippen molar-refractivity contribution in [2.45, 2.75) is 96.8 Å². The van der Waals surface area contributed by atoms with Gasteiger partial charge in [-0.05, 0) is 32.1 Å². The maximum Gasteiger partial charge on any atom is 0.303 e. The summed E-state index contributed by atoms with van der Waals surface area (Å²) in [5.74, 6) is -1.35. The highest BCUT2D eigenvalue weighted by Crippen LogP contribution is 2.09. The fourth-order valence-corrected chi connectivity index (χ4v) is 2.35. The summed E-state index contributed by atoms with van der Waals surface area (Å²) in [7, 11) is 0. The summed E-state index contributed by atoms with van der Waals surface area (Å²) >= 11 is 0. The van der Waals surface area contributed by atoms with Gasteiger partial charge in [0, 0.05) is 6.42 Å². The summed E-state index contributed by atoms with van der Waals surface area (Å²) in [6, 6.07) is 0. The van der Waals surface area contributed by atoms with Crippen molar-refractivity contribution in [3.05, 3.63) is 12.2 Å². The first kappa shape index (κ1) is 25.9. The van der Waals surface area contributed by atoms with Gasteiger partial charge in [0.25, 0.3) is 0 Å². The molecule has 4 N–H and O–H groups in total. The maximum absolute atomic E-state index is 10.3. The number of hydrogen-bond acceptors (Lipinski definition) is 3. The van der Waals surface area contributed by atoms with Gasteiger partial charge < -0.3 is 15.9 Å². The Bertz CT molecular complexity index is 330. The normalized spacial score (nSPS) is 10.5. The molecule has 25 heavy (non-hydrogen) atoms. The van der Waals surface area contributed by atoms with Crippen LogP contribution in [0.2, 0.25) is 0 Å². The second-order valence-electron chi connectivity index (χ2n) is 6.35. The maximum atomic E-state index is 10.3. The highest BCUT2D eigenvalue weighted by atomic mass is 16.4. The third kappa shape index (κ3) is 31.0. The minimum atomic E-state index is -0.690. The number of nitrogens with two attached hydrogens (primary N) is 1. The second-order valence-corrected chi connectivity index (χ2v) is 6.35. The number of hydrogen-bond donors (Lipinski definition) is 3. The molecule has 0 unspecified atom stereocenters. The van der Waals surface area contributed by atoms with Crippen LogP contribution in [-0.4, -0.2) is 28.7 Å². The average molecular weight is 358 g/mol. The molecule has 0 radical (unpaired) electrons. The molecule has 0 rings (SSSR count). The molecule has 0 fully saturated rings. The van der Waals surface area contributed by atoms with E-state index >= 15 is 0 Å². The number of primary amides is 1. The lowest BCUT2D eigenvalue weighted by molar-refractivity contribution is -0.137. The first-order valence-electron chi connectivity index (χ1n) is 9.80. The van der Waals surface area contributed by atoms with Crippen molar-refractivity contribution < 1.29 is 19.8 Å². The third-order valence-electron chi connectivity index (χ3n) is 3.81. The molecular weight excluding hydrogens is 318 g/mol. The summed E-state index contributed by atoms with van der Waals surface area (Å²) in [4.78, 5) is 19.7. The number of aliphatic carboxylic acids is 1. The zero-order valence-electron chi connectivity index (χ0n) is 16.0. The number of unbranched alkanes of at least 4 members (excludes halogenated alkanes) is 11. The van der Waals surface area contributed by atoms with Crippen molar-refractivity contribution >= 4 is 11.9 Å². The molecule has 0 aliphatic heterocycles. The first-order valence-corrected chi connectivity index (χ1v) is 9.80. The minimum absolute atomic E-state index is 0.332. The Morgan fingerprint density at radius 2 is 1.20 bits per heavy atom. The molecule has 0 aromatic heterocycles. The Morgan fingerprint density at radius 3 is 1.60 bits per heavy atom. The molecule has 0 spiro atoms. The SMILES string of the molecule is CCCCCCCCC=CCCCCCCCC(=O)O.NC(=O)CO. The Balaban J connectivity index is 0. The number of aliphatic hydroxyl groups is 1. The number of rotatable bonds is 16. The van der Waals surface area contributed by atoms with Crippen molar-refractivity contribution in [1.29, 1.82) is 0 Å². The number of carbonyl (C=O) groups excluding carboxylic acids is 1. The van der Waals surface area contributed by atoms with Crippen LogP contribution in [0.4, 0.5) is 0 Å². The largest absolute Gasteiger partial charge is 0.481 e. The molecule has 0 aromatic rings. The van der Waals surface area contributed by atoms with E-state index < -0.39 is 18.5 Å². The van der Waals surface area contributed by atoms with E-state index in [2.05, 4.69) is 24.8 Å². The molecule has 0 aromatic carbocycles. The lowest BCUT2D eigenvalue weighted by Crippen LogP contribution is -2.14. The Hall–Kier alpha value is -1.36. The summed E-state index contributed by atoms with van der Waals surface area (Å²) in [6.45, 7) is 1.70. The van der Waals surface area contributed by atoms with Crippen LogP contribution in [0.3, 0.4) is 0 Å². The molecule has 1 amide bonds. The van der Waals surface area contributed by atoms with E-state index in [1.54, 1.807) is 0 Å². The van der Waals surface area contributed by atoms with Crippen LogP contribution in [0.5, 0.6) is 0 Å². The summed E-state index contributed by atoms with van der Waals surface area (Å²) in [5, 5.41) is 16.2. The van der Waals surface area contributed by atoms with E-state index in [9.17, 15) is 9.59 Å². The number of allylic oxidation sites excluding steroid dienone is 2. The van der Waals surface area contributed by atoms with Crippen LogP contribution in [-0.2, 0) is 9.59 Å². The monoisotopic (exact) mass is 357 g/mol. The topological polar surface area (TPSA) is 101 Å². The number of carboxylic acid groups (broad SMARTS) is 1. The van der Waals surface area contributed by atoms with E-state index in [1.165, 1.54) is 70.6 Å². The van der Waals surface area contributed by atoms with Gasteiger partial charge in [-0.15, -0.1) is 0 Å². The second kappa shape index (κ2) is 22.6. The van der Waals surface area contributed by atoms with Gasteiger partial charge in [0.1, 0.15) is 6.61 Å². The van der Waals surface area contributed by atoms with Gasteiger partial charge >= 0.3 is 5.97 Å². The molecule has 0 atom stereocenters. The molecule has 5 heteroatoms. The third-order valence-corrected chi connectivity index (χ3v) is 3.81. The molecule has 0 aliphatic rings. The fourth-order valence-electron chi connectivity index (χ4n) is 2.35. The lowest BCUT2D eigenvalue weighted by Gasteiger charge is -1.99. The quantitative estimate of drug-likeness (QED) is 0.278. The highest BCUT2D eigenvalue weighted by molar-refractivity contribution is 5.74. The lowest BCUT2D eigenvalue weighted by atomic mass is 10.1. The van der Waals surface area contributed by atoms with E-state index in [1.807, 2.05) is 0 Å². The number of carbonyl (C=O) groups is 2. The van der Waals surface area contributed by atoms with Crippen molar-refractivity contribution in [3.63, 3.8) is 0 Å². The van der Waals surface area contributed by atoms with Crippen LogP contribution >= 0.6 is 0 Å². The summed E-state index contributed by atoms with van der Waals surface area (Å²) < 4.78 is 0. The smallest absolute Gasteiger partial charge is 0.303 e. The number of aliphatic hydroxyl groups excluding tert-OH is 1. The molecule has 5 nitrogen and oxygen atoms in total. The van der Waals surface area contributed by atoms with Crippen LogP contribution in [0.1, 0.15) is 96.8 Å². The van der Waals surface area contributed by atoms with Gasteiger partial charge in [0.2, 0.25) is 5.91 Å². The number of amides is 1. The van der Waals surface area contributed by atoms with E-state index in [0.29, 0.717) is 6.42 Å². The molecule has 148 valence electrons. The summed E-state index contributed by atoms with van der Waals surface area (Å²) in [6.07, 6.45) is 21.2. The van der Waals surface area contributed by atoms with Gasteiger partial charge in [-0.2, -0.15) is 0 Å². The van der Waals surface area contributed by atoms with Gasteiger partial charge in [0.05, 0.1) is 0 Å². The first-order chi connectivity index (χ1) is 12.0. The molecular formula is C20H39NO4. The van der Waals surface area contributed by atoms with Crippen molar-refractivity contribution in [2.24, 2.45) is 5.73 Å². The molecule has 0 saturated carbocycles. The molecule has 0 saturated heterocycles. The highest BCUT2D eigenvalue weighted by Gasteiger charge is 1.95. The Labute approximate surface area is 153 Å². The van der Waals surface area contributed by atoms with Crippen molar-refractivity contribution in [1.82, 2.24) is 0 Å². The van der Waals surface area contributed by atoms with Crippen LogP contribution in [0.25, 0.3) is 0 Å². The average Bonchev–Trinajstić information content (AvgIpc) is 2.58. The van der Waals surface area contributed by atoms with Crippen LogP contribution in [0, 0.1) is 0 Å². The van der Waals surface area contributed by atoms with E-state index in [-0.39, 0.29) is 0 Å². The number of carboxylic acids is 1. The van der Waals surface area contributed by atoms with Crippen molar-refractivity contribution in [2.75, 3.05) is 6.61 Å². The minimum Gasteiger partial charge on any atom is -0.481 e. The molecule has 0 heterocycles. The zero-order chi connectivity index (χ0) is 19.2. The zero-order valence-corrected chi connectivity index (χ0v) is 16.0.